The van der Waals surface area contributed by atoms with Crippen LogP contribution in [0.25, 0.3) is 0 Å². The fourth-order valence-electron chi connectivity index (χ4n) is 9.12. The molecule has 0 saturated carbocycles. The average molecular weight is 1050 g/mol. The van der Waals surface area contributed by atoms with E-state index in [9.17, 15) is 14.4 Å². The van der Waals surface area contributed by atoms with E-state index >= 15 is 0 Å². The maximum Gasteiger partial charge on any atom is 0.306 e. The summed E-state index contributed by atoms with van der Waals surface area (Å²) in [4.78, 5) is 38.3. The first-order valence-electron chi connectivity index (χ1n) is 32.1. The summed E-state index contributed by atoms with van der Waals surface area (Å²) in [5.41, 5.74) is 0. The lowest BCUT2D eigenvalue weighted by Gasteiger charge is -2.18. The van der Waals surface area contributed by atoms with Gasteiger partial charge in [0.2, 0.25) is 0 Å². The SMILES string of the molecule is CC/C=C\C/C=C\C/C=C\CCCCCCCCCC(=O)OC(COC(=O)CCCCC/C=C\C/C=C\C/C=C\CC)COC(=O)CCCCCCCCCCCCCCCCC/C=C\CCCCCCCCCC. The van der Waals surface area contributed by atoms with Gasteiger partial charge in [-0.2, -0.15) is 0 Å². The van der Waals surface area contributed by atoms with Gasteiger partial charge in [-0.05, 0) is 109 Å². The second-order valence-corrected chi connectivity index (χ2v) is 21.3. The van der Waals surface area contributed by atoms with E-state index in [0.717, 1.165) is 109 Å². The van der Waals surface area contributed by atoms with Crippen molar-refractivity contribution in [1.82, 2.24) is 0 Å². The summed E-state index contributed by atoms with van der Waals surface area (Å²) in [6, 6.07) is 0. The van der Waals surface area contributed by atoms with E-state index in [-0.39, 0.29) is 31.1 Å². The van der Waals surface area contributed by atoms with Crippen molar-refractivity contribution in [2.75, 3.05) is 13.2 Å². The molecule has 6 heteroatoms. The largest absolute Gasteiger partial charge is 0.462 e. The highest BCUT2D eigenvalue weighted by molar-refractivity contribution is 5.71. The van der Waals surface area contributed by atoms with Crippen LogP contribution in [0.2, 0.25) is 0 Å². The minimum Gasteiger partial charge on any atom is -0.462 e. The van der Waals surface area contributed by atoms with Crippen LogP contribution >= 0.6 is 0 Å². The molecule has 1 unspecified atom stereocenters. The molecule has 75 heavy (non-hydrogen) atoms. The normalized spacial score (nSPS) is 12.6. The van der Waals surface area contributed by atoms with Crippen molar-refractivity contribution >= 4 is 17.9 Å². The van der Waals surface area contributed by atoms with Gasteiger partial charge in [-0.15, -0.1) is 0 Å². The number of unbranched alkanes of at least 4 members (excludes halogenated alkanes) is 33. The van der Waals surface area contributed by atoms with Crippen molar-refractivity contribution in [3.05, 3.63) is 85.1 Å². The smallest absolute Gasteiger partial charge is 0.306 e. The van der Waals surface area contributed by atoms with Gasteiger partial charge in [0.25, 0.3) is 0 Å². The summed E-state index contributed by atoms with van der Waals surface area (Å²) >= 11 is 0. The predicted octanol–water partition coefficient (Wildman–Crippen LogP) is 21.9. The Morgan fingerprint density at radius 1 is 0.280 bits per heavy atom. The molecule has 0 bridgehead atoms. The predicted molar refractivity (Wildman–Crippen MR) is 325 cm³/mol. The fourth-order valence-corrected chi connectivity index (χ4v) is 9.12. The topological polar surface area (TPSA) is 78.9 Å². The molecule has 1 atom stereocenters. The molecule has 0 spiro atoms. The van der Waals surface area contributed by atoms with Crippen LogP contribution in [-0.4, -0.2) is 37.2 Å². The number of carbonyl (C=O) groups excluding carboxylic acids is 3. The summed E-state index contributed by atoms with van der Waals surface area (Å²) in [6.45, 7) is 6.41. The van der Waals surface area contributed by atoms with Crippen molar-refractivity contribution in [2.45, 2.75) is 322 Å². The molecule has 0 rings (SSSR count). The van der Waals surface area contributed by atoms with Crippen molar-refractivity contribution in [1.29, 1.82) is 0 Å². The highest BCUT2D eigenvalue weighted by Crippen LogP contribution is 2.17. The molecule has 0 saturated heterocycles. The number of rotatable bonds is 58. The minimum atomic E-state index is -0.795. The maximum absolute atomic E-state index is 12.9. The Kier molecular flexibility index (Phi) is 60.3. The molecule has 0 aromatic rings. The van der Waals surface area contributed by atoms with E-state index in [1.807, 2.05) is 0 Å². The third-order valence-corrected chi connectivity index (χ3v) is 13.9. The van der Waals surface area contributed by atoms with Crippen LogP contribution in [-0.2, 0) is 28.6 Å². The Labute approximate surface area is 465 Å². The number of allylic oxidation sites excluding steroid dienone is 14. The number of hydrogen-bond acceptors (Lipinski definition) is 6. The summed E-state index contributed by atoms with van der Waals surface area (Å²) < 4.78 is 16.9. The van der Waals surface area contributed by atoms with Crippen molar-refractivity contribution < 1.29 is 28.6 Å². The lowest BCUT2D eigenvalue weighted by Crippen LogP contribution is -2.30. The van der Waals surface area contributed by atoms with Gasteiger partial charge in [0.05, 0.1) is 0 Å². The number of esters is 3. The van der Waals surface area contributed by atoms with Crippen molar-refractivity contribution in [2.24, 2.45) is 0 Å². The molecule has 0 N–H and O–H groups in total. The van der Waals surface area contributed by atoms with E-state index in [1.54, 1.807) is 0 Å². The summed E-state index contributed by atoms with van der Waals surface area (Å²) in [7, 11) is 0. The van der Waals surface area contributed by atoms with E-state index in [1.165, 1.54) is 167 Å². The molecule has 0 aliphatic rings. The van der Waals surface area contributed by atoms with Crippen LogP contribution in [0.5, 0.6) is 0 Å². The molecule has 0 radical (unpaired) electrons. The molecule has 0 amide bonds. The monoisotopic (exact) mass is 1040 g/mol. The third-order valence-electron chi connectivity index (χ3n) is 13.9. The first kappa shape index (κ1) is 71.6. The van der Waals surface area contributed by atoms with Crippen LogP contribution in [0, 0.1) is 0 Å². The Morgan fingerprint density at radius 2 is 0.520 bits per heavy atom. The van der Waals surface area contributed by atoms with E-state index in [0.29, 0.717) is 19.3 Å². The quantitative estimate of drug-likeness (QED) is 0.0261. The Morgan fingerprint density at radius 3 is 0.840 bits per heavy atom. The lowest BCUT2D eigenvalue weighted by atomic mass is 10.0. The number of hydrogen-bond donors (Lipinski definition) is 0. The zero-order valence-electron chi connectivity index (χ0n) is 49.6. The van der Waals surface area contributed by atoms with Gasteiger partial charge in [0.15, 0.2) is 6.10 Å². The molecule has 0 aromatic carbocycles. The van der Waals surface area contributed by atoms with Gasteiger partial charge in [-0.25, -0.2) is 0 Å². The van der Waals surface area contributed by atoms with Crippen LogP contribution < -0.4 is 0 Å². The second-order valence-electron chi connectivity index (χ2n) is 21.3. The first-order chi connectivity index (χ1) is 37.0. The molecule has 432 valence electrons. The van der Waals surface area contributed by atoms with Gasteiger partial charge < -0.3 is 14.2 Å². The van der Waals surface area contributed by atoms with Crippen LogP contribution in [0.4, 0.5) is 0 Å². The Balaban J connectivity index is 4.26. The van der Waals surface area contributed by atoms with Gasteiger partial charge in [0, 0.05) is 19.3 Å². The van der Waals surface area contributed by atoms with E-state index < -0.39 is 6.10 Å². The van der Waals surface area contributed by atoms with Crippen molar-refractivity contribution in [3.63, 3.8) is 0 Å². The zero-order chi connectivity index (χ0) is 54.3. The zero-order valence-corrected chi connectivity index (χ0v) is 49.6. The molecule has 0 aromatic heterocycles. The summed E-state index contributed by atoms with van der Waals surface area (Å²) in [5.74, 6) is -0.919. The van der Waals surface area contributed by atoms with Crippen molar-refractivity contribution in [3.8, 4) is 0 Å². The molecule has 0 fully saturated rings. The van der Waals surface area contributed by atoms with Gasteiger partial charge in [-0.3, -0.25) is 14.4 Å². The van der Waals surface area contributed by atoms with Gasteiger partial charge >= 0.3 is 17.9 Å². The molecule has 0 heterocycles. The number of ether oxygens (including phenoxy) is 3. The standard InChI is InChI=1S/C69H120O6/c1-4-7-10-13-16-19-22-25-27-29-30-31-32-33-34-35-36-37-38-40-41-44-47-50-53-56-59-62-68(71)74-65-66(64-73-67(70)61-58-55-52-49-46-43-24-21-18-15-12-9-6-3)75-69(72)63-60-57-54-51-48-45-42-39-28-26-23-20-17-14-11-8-5-2/h8-9,11-12,17-18,20-21,26,28-30,43,46,66H,4-7,10,13-16,19,22-25,27,31-42,44-45,47-65H2,1-3H3/b11-8-,12-9-,20-17-,21-18-,28-26-,30-29-,46-43-. The Bertz CT molecular complexity index is 1430. The summed E-state index contributed by atoms with van der Waals surface area (Å²) in [5, 5.41) is 0. The third kappa shape index (κ3) is 61.3. The lowest BCUT2D eigenvalue weighted by molar-refractivity contribution is -0.167. The maximum atomic E-state index is 12.9. The fraction of sp³-hybridized carbons (Fsp3) is 0.754. The molecule has 6 nitrogen and oxygen atoms in total. The van der Waals surface area contributed by atoms with Crippen LogP contribution in [0.15, 0.2) is 85.1 Å². The molecular formula is C69H120O6. The molecule has 0 aliphatic heterocycles. The number of carbonyl (C=O) groups is 3. The molecular weight excluding hydrogens is 925 g/mol. The summed E-state index contributed by atoms with van der Waals surface area (Å²) in [6.07, 6.45) is 83.2. The highest BCUT2D eigenvalue weighted by Gasteiger charge is 2.19. The highest BCUT2D eigenvalue weighted by atomic mass is 16.6. The Hall–Kier alpha value is -3.41. The first-order valence-corrected chi connectivity index (χ1v) is 32.1. The van der Waals surface area contributed by atoms with Crippen LogP contribution in [0.1, 0.15) is 316 Å². The van der Waals surface area contributed by atoms with Crippen LogP contribution in [0.3, 0.4) is 0 Å². The van der Waals surface area contributed by atoms with E-state index in [2.05, 4.69) is 106 Å². The van der Waals surface area contributed by atoms with Gasteiger partial charge in [-0.1, -0.05) is 273 Å². The van der Waals surface area contributed by atoms with E-state index in [4.69, 9.17) is 14.2 Å². The second kappa shape index (κ2) is 63.1. The minimum absolute atomic E-state index is 0.0886. The van der Waals surface area contributed by atoms with Gasteiger partial charge in [0.1, 0.15) is 13.2 Å². The molecule has 0 aliphatic carbocycles. The average Bonchev–Trinajstić information content (AvgIpc) is 3.41.